The molecule has 3 unspecified atom stereocenters. The molecule has 4 nitrogen and oxygen atoms in total. The number of nitrogen functional groups attached to an aromatic ring is 1. The Labute approximate surface area is 146 Å². The summed E-state index contributed by atoms with van der Waals surface area (Å²) in [6.45, 7) is 4.47. The summed E-state index contributed by atoms with van der Waals surface area (Å²) in [5, 5.41) is 3.27. The van der Waals surface area contributed by atoms with Crippen molar-refractivity contribution in [2.75, 3.05) is 18.8 Å². The van der Waals surface area contributed by atoms with Gasteiger partial charge in [-0.2, -0.15) is 0 Å². The van der Waals surface area contributed by atoms with E-state index in [0.717, 1.165) is 27.5 Å². The van der Waals surface area contributed by atoms with E-state index in [9.17, 15) is 4.79 Å². The fraction of sp³-hybridized carbons (Fsp3) is 0.421. The first-order valence-electron chi connectivity index (χ1n) is 8.61. The highest BCUT2D eigenvalue weighted by molar-refractivity contribution is 7.17. The van der Waals surface area contributed by atoms with Gasteiger partial charge < -0.3 is 11.1 Å². The lowest BCUT2D eigenvalue weighted by atomic mass is 9.80. The lowest BCUT2D eigenvalue weighted by Crippen LogP contribution is -2.60. The zero-order valence-corrected chi connectivity index (χ0v) is 14.7. The Hall–Kier alpha value is -1.85. The van der Waals surface area contributed by atoms with Crippen molar-refractivity contribution in [3.05, 3.63) is 41.3 Å². The van der Waals surface area contributed by atoms with E-state index in [4.69, 9.17) is 5.73 Å². The summed E-state index contributed by atoms with van der Waals surface area (Å²) in [6, 6.07) is 12.7. The van der Waals surface area contributed by atoms with Crippen LogP contribution in [0.15, 0.2) is 36.4 Å². The van der Waals surface area contributed by atoms with E-state index in [1.54, 1.807) is 11.3 Å². The molecule has 0 aliphatic carbocycles. The number of carbonyl (C=O) groups is 1. The molecule has 3 aliphatic heterocycles. The van der Waals surface area contributed by atoms with E-state index in [0.29, 0.717) is 18.0 Å². The standard InChI is InChI=1S/C19H23N3OS/c1-12-10-14-8-9-22(12)11-16(14)21-19(23)18-7-6-17(24-18)13-2-4-15(20)5-3-13/h2-7,12,14,16H,8-11,20H2,1H3,(H,21,23)/t12?,14?,16-/m0/s1. The molecule has 3 fully saturated rings. The Morgan fingerprint density at radius 3 is 2.71 bits per heavy atom. The molecule has 1 aromatic heterocycles. The fourth-order valence-electron chi connectivity index (χ4n) is 3.96. The summed E-state index contributed by atoms with van der Waals surface area (Å²) in [5.74, 6) is 0.693. The Morgan fingerprint density at radius 2 is 2.04 bits per heavy atom. The molecule has 1 aromatic carbocycles. The topological polar surface area (TPSA) is 58.4 Å². The van der Waals surface area contributed by atoms with Gasteiger partial charge in [0.1, 0.15) is 0 Å². The van der Waals surface area contributed by atoms with E-state index in [1.807, 2.05) is 36.4 Å². The Balaban J connectivity index is 1.45. The maximum absolute atomic E-state index is 12.6. The van der Waals surface area contributed by atoms with Crippen LogP contribution in [0, 0.1) is 5.92 Å². The summed E-state index contributed by atoms with van der Waals surface area (Å²) in [4.78, 5) is 17.0. The van der Waals surface area contributed by atoms with E-state index < -0.39 is 0 Å². The third kappa shape index (κ3) is 2.94. The minimum Gasteiger partial charge on any atom is -0.399 e. The Kier molecular flexibility index (Phi) is 4.06. The summed E-state index contributed by atoms with van der Waals surface area (Å²) >= 11 is 1.54. The first kappa shape index (κ1) is 15.7. The maximum atomic E-state index is 12.6. The van der Waals surface area contributed by atoms with Crippen molar-refractivity contribution in [2.24, 2.45) is 5.92 Å². The molecule has 3 aliphatic rings. The number of nitrogens with two attached hydrogens (primary N) is 1. The van der Waals surface area contributed by atoms with Gasteiger partial charge in [-0.1, -0.05) is 12.1 Å². The van der Waals surface area contributed by atoms with Crippen LogP contribution >= 0.6 is 11.3 Å². The van der Waals surface area contributed by atoms with E-state index in [2.05, 4.69) is 17.1 Å². The molecule has 24 heavy (non-hydrogen) atoms. The van der Waals surface area contributed by atoms with Crippen LogP contribution in [0.2, 0.25) is 0 Å². The van der Waals surface area contributed by atoms with Crippen molar-refractivity contribution in [1.82, 2.24) is 10.2 Å². The lowest BCUT2D eigenvalue weighted by Gasteiger charge is -2.48. The van der Waals surface area contributed by atoms with Gasteiger partial charge >= 0.3 is 0 Å². The van der Waals surface area contributed by atoms with Crippen LogP contribution in [0.25, 0.3) is 10.4 Å². The van der Waals surface area contributed by atoms with Gasteiger partial charge in [0, 0.05) is 29.2 Å². The molecule has 4 atom stereocenters. The molecule has 3 saturated heterocycles. The first-order chi connectivity index (χ1) is 11.6. The Morgan fingerprint density at radius 1 is 1.25 bits per heavy atom. The zero-order chi connectivity index (χ0) is 16.7. The summed E-state index contributed by atoms with van der Waals surface area (Å²) < 4.78 is 0. The summed E-state index contributed by atoms with van der Waals surface area (Å²) in [7, 11) is 0. The minimum absolute atomic E-state index is 0.0631. The second-order valence-corrected chi connectivity index (χ2v) is 8.08. The highest BCUT2D eigenvalue weighted by Gasteiger charge is 2.38. The number of piperidine rings is 3. The smallest absolute Gasteiger partial charge is 0.261 e. The highest BCUT2D eigenvalue weighted by Crippen LogP contribution is 2.33. The van der Waals surface area contributed by atoms with Gasteiger partial charge in [-0.25, -0.2) is 0 Å². The molecule has 2 aromatic rings. The molecule has 126 valence electrons. The van der Waals surface area contributed by atoms with Crippen molar-refractivity contribution in [1.29, 1.82) is 0 Å². The highest BCUT2D eigenvalue weighted by atomic mass is 32.1. The Bertz CT molecular complexity index is 739. The molecule has 0 spiro atoms. The molecular weight excluding hydrogens is 318 g/mol. The summed E-state index contributed by atoms with van der Waals surface area (Å²) in [6.07, 6.45) is 2.41. The van der Waals surface area contributed by atoms with Crippen molar-refractivity contribution in [2.45, 2.75) is 31.8 Å². The van der Waals surface area contributed by atoms with Crippen molar-refractivity contribution in [3.8, 4) is 10.4 Å². The molecular formula is C19H23N3OS. The normalized spacial score (nSPS) is 28.7. The monoisotopic (exact) mass is 341 g/mol. The number of amides is 1. The molecule has 2 bridgehead atoms. The third-order valence-electron chi connectivity index (χ3n) is 5.40. The zero-order valence-electron chi connectivity index (χ0n) is 13.9. The van der Waals surface area contributed by atoms with E-state index >= 15 is 0 Å². The van der Waals surface area contributed by atoms with Gasteiger partial charge in [0.25, 0.3) is 5.91 Å². The number of rotatable bonds is 3. The molecule has 5 heteroatoms. The molecule has 0 saturated carbocycles. The predicted octanol–water partition coefficient (Wildman–Crippen LogP) is 3.21. The summed E-state index contributed by atoms with van der Waals surface area (Å²) in [5.41, 5.74) is 7.59. The van der Waals surface area contributed by atoms with Gasteiger partial charge in [-0.05, 0) is 62.1 Å². The largest absolute Gasteiger partial charge is 0.399 e. The van der Waals surface area contributed by atoms with E-state index in [1.165, 1.54) is 19.4 Å². The van der Waals surface area contributed by atoms with E-state index in [-0.39, 0.29) is 5.91 Å². The lowest BCUT2D eigenvalue weighted by molar-refractivity contribution is 0.0275. The number of fused-ring (bicyclic) bond motifs is 3. The average Bonchev–Trinajstić information content (AvgIpc) is 3.07. The number of hydrogen-bond acceptors (Lipinski definition) is 4. The van der Waals surface area contributed by atoms with Gasteiger partial charge in [-0.3, -0.25) is 9.69 Å². The van der Waals surface area contributed by atoms with Crippen LogP contribution in [-0.2, 0) is 0 Å². The van der Waals surface area contributed by atoms with Crippen molar-refractivity contribution >= 4 is 22.9 Å². The van der Waals surface area contributed by atoms with Gasteiger partial charge in [0.15, 0.2) is 0 Å². The van der Waals surface area contributed by atoms with Gasteiger partial charge in [-0.15, -0.1) is 11.3 Å². The predicted molar refractivity (Wildman–Crippen MR) is 99.2 cm³/mol. The molecule has 3 N–H and O–H groups in total. The molecule has 5 rings (SSSR count). The van der Waals surface area contributed by atoms with Crippen LogP contribution in [0.4, 0.5) is 5.69 Å². The molecule has 4 heterocycles. The number of hydrogen-bond donors (Lipinski definition) is 2. The van der Waals surface area contributed by atoms with Crippen LogP contribution < -0.4 is 11.1 Å². The van der Waals surface area contributed by atoms with Crippen LogP contribution in [0.3, 0.4) is 0 Å². The van der Waals surface area contributed by atoms with Crippen molar-refractivity contribution in [3.63, 3.8) is 0 Å². The SMILES string of the molecule is CC1CC2CCN1C[C@@H]2NC(=O)c1ccc(-c2ccc(N)cc2)s1. The fourth-order valence-corrected chi connectivity index (χ4v) is 4.88. The van der Waals surface area contributed by atoms with Crippen LogP contribution in [0.1, 0.15) is 29.4 Å². The number of anilines is 1. The third-order valence-corrected chi connectivity index (χ3v) is 6.53. The number of nitrogens with one attached hydrogen (secondary N) is 1. The second-order valence-electron chi connectivity index (χ2n) is 6.99. The molecule has 1 amide bonds. The average molecular weight is 341 g/mol. The second kappa shape index (κ2) is 6.22. The maximum Gasteiger partial charge on any atom is 0.261 e. The first-order valence-corrected chi connectivity index (χ1v) is 9.42. The van der Waals surface area contributed by atoms with Crippen LogP contribution in [0.5, 0.6) is 0 Å². The number of nitrogens with zero attached hydrogens (tertiary/aromatic N) is 1. The molecule has 0 radical (unpaired) electrons. The number of carbonyl (C=O) groups excluding carboxylic acids is 1. The van der Waals surface area contributed by atoms with Crippen LogP contribution in [-0.4, -0.2) is 36.0 Å². The quantitative estimate of drug-likeness (QED) is 0.843. The van der Waals surface area contributed by atoms with Gasteiger partial charge in [0.2, 0.25) is 0 Å². The van der Waals surface area contributed by atoms with Crippen molar-refractivity contribution < 1.29 is 4.79 Å². The number of benzene rings is 1. The number of thiophene rings is 1. The minimum atomic E-state index is 0.0631. The van der Waals surface area contributed by atoms with Gasteiger partial charge in [0.05, 0.1) is 4.88 Å².